The van der Waals surface area contributed by atoms with E-state index in [1.807, 2.05) is 29.2 Å². The van der Waals surface area contributed by atoms with Gasteiger partial charge in [-0.1, -0.05) is 18.2 Å². The van der Waals surface area contributed by atoms with Crippen molar-refractivity contribution in [3.05, 3.63) is 29.8 Å². The Hall–Kier alpha value is -2.04. The smallest absolute Gasteiger partial charge is 0.303 e. The Morgan fingerprint density at radius 1 is 1.26 bits per heavy atom. The van der Waals surface area contributed by atoms with Crippen molar-refractivity contribution in [3.63, 3.8) is 0 Å². The molecule has 5 nitrogen and oxygen atoms in total. The van der Waals surface area contributed by atoms with E-state index in [0.29, 0.717) is 13.1 Å². The van der Waals surface area contributed by atoms with Crippen molar-refractivity contribution in [2.75, 3.05) is 20.2 Å². The minimum Gasteiger partial charge on any atom is -0.496 e. The number of carbonyl (C=O) groups excluding carboxylic acids is 1. The summed E-state index contributed by atoms with van der Waals surface area (Å²) < 4.78 is 5.43. The molecular formula is C18H23NO4. The first-order valence-corrected chi connectivity index (χ1v) is 8.21. The van der Waals surface area contributed by atoms with E-state index >= 15 is 0 Å². The summed E-state index contributed by atoms with van der Waals surface area (Å²) in [5, 5.41) is 8.89. The molecule has 23 heavy (non-hydrogen) atoms. The quantitative estimate of drug-likeness (QED) is 0.906. The largest absolute Gasteiger partial charge is 0.496 e. The highest BCUT2D eigenvalue weighted by Crippen LogP contribution is 2.52. The molecule has 1 aromatic rings. The minimum atomic E-state index is -0.748. The second-order valence-electron chi connectivity index (χ2n) is 6.62. The molecule has 1 saturated carbocycles. The highest BCUT2D eigenvalue weighted by atomic mass is 16.5. The fourth-order valence-electron chi connectivity index (χ4n) is 3.65. The third kappa shape index (κ3) is 3.05. The summed E-state index contributed by atoms with van der Waals surface area (Å²) in [5.74, 6) is 0.398. The zero-order chi connectivity index (χ0) is 16.4. The zero-order valence-corrected chi connectivity index (χ0v) is 13.5. The van der Waals surface area contributed by atoms with Crippen LogP contribution in [0.4, 0.5) is 0 Å². The highest BCUT2D eigenvalue weighted by Gasteiger charge is 2.54. The van der Waals surface area contributed by atoms with E-state index in [1.165, 1.54) is 0 Å². The number of hydrogen-bond donors (Lipinski definition) is 1. The molecular weight excluding hydrogens is 294 g/mol. The third-order valence-electron chi connectivity index (χ3n) is 5.15. The molecule has 0 bridgehead atoms. The number of carboxylic acids is 1. The lowest BCUT2D eigenvalue weighted by molar-refractivity contribution is -0.139. The number of methoxy groups -OCH3 is 1. The minimum absolute atomic E-state index is 0.177. The summed E-state index contributed by atoms with van der Waals surface area (Å²) >= 11 is 0. The Kier molecular flexibility index (Phi) is 4.28. The Balaban J connectivity index is 1.70. The van der Waals surface area contributed by atoms with Crippen molar-refractivity contribution >= 4 is 11.9 Å². The zero-order valence-electron chi connectivity index (χ0n) is 13.5. The molecule has 2 fully saturated rings. The molecule has 1 heterocycles. The average molecular weight is 317 g/mol. The van der Waals surface area contributed by atoms with Gasteiger partial charge >= 0.3 is 5.97 Å². The monoisotopic (exact) mass is 317 g/mol. The molecule has 0 radical (unpaired) electrons. The number of amides is 1. The first kappa shape index (κ1) is 15.8. The van der Waals surface area contributed by atoms with Gasteiger partial charge in [-0.3, -0.25) is 9.59 Å². The van der Waals surface area contributed by atoms with Gasteiger partial charge in [0.2, 0.25) is 5.91 Å². The molecule has 0 aromatic heterocycles. The lowest BCUT2D eigenvalue weighted by Crippen LogP contribution is -2.44. The highest BCUT2D eigenvalue weighted by molar-refractivity contribution is 5.92. The van der Waals surface area contributed by atoms with Gasteiger partial charge in [-0.2, -0.15) is 0 Å². The molecule has 1 N–H and O–H groups in total. The Morgan fingerprint density at radius 2 is 1.91 bits per heavy atom. The first-order valence-electron chi connectivity index (χ1n) is 8.21. The molecule has 0 unspecified atom stereocenters. The van der Waals surface area contributed by atoms with E-state index in [1.54, 1.807) is 7.11 Å². The van der Waals surface area contributed by atoms with Crippen LogP contribution in [0.5, 0.6) is 5.75 Å². The van der Waals surface area contributed by atoms with Crippen LogP contribution in [0.15, 0.2) is 24.3 Å². The van der Waals surface area contributed by atoms with E-state index in [4.69, 9.17) is 9.84 Å². The number of hydrogen-bond acceptors (Lipinski definition) is 3. The summed E-state index contributed by atoms with van der Waals surface area (Å²) in [4.78, 5) is 25.8. The molecule has 1 amide bonds. The maximum atomic E-state index is 13.0. The molecule has 0 spiro atoms. The summed E-state index contributed by atoms with van der Waals surface area (Å²) in [6, 6.07) is 7.76. The van der Waals surface area contributed by atoms with Crippen molar-refractivity contribution in [1.82, 2.24) is 4.90 Å². The van der Waals surface area contributed by atoms with E-state index in [-0.39, 0.29) is 18.2 Å². The van der Waals surface area contributed by atoms with E-state index in [2.05, 4.69) is 0 Å². The van der Waals surface area contributed by atoms with Gasteiger partial charge in [-0.25, -0.2) is 0 Å². The van der Waals surface area contributed by atoms with Crippen LogP contribution in [0.25, 0.3) is 0 Å². The fraction of sp³-hybridized carbons (Fsp3) is 0.556. The van der Waals surface area contributed by atoms with Gasteiger partial charge in [0, 0.05) is 25.1 Å². The van der Waals surface area contributed by atoms with Crippen LogP contribution >= 0.6 is 0 Å². The number of aliphatic carboxylic acids is 1. The van der Waals surface area contributed by atoms with Crippen LogP contribution in [0, 0.1) is 5.92 Å². The van der Waals surface area contributed by atoms with Crippen molar-refractivity contribution in [1.29, 1.82) is 0 Å². The second kappa shape index (κ2) is 6.22. The van der Waals surface area contributed by atoms with Gasteiger partial charge in [-0.15, -0.1) is 0 Å². The molecule has 3 rings (SSSR count). The molecule has 2 aliphatic rings. The van der Waals surface area contributed by atoms with Crippen LogP contribution in [0.1, 0.15) is 37.7 Å². The summed E-state index contributed by atoms with van der Waals surface area (Å²) in [7, 11) is 1.64. The molecule has 1 aliphatic heterocycles. The van der Waals surface area contributed by atoms with Crippen LogP contribution < -0.4 is 4.74 Å². The van der Waals surface area contributed by atoms with E-state index in [9.17, 15) is 9.59 Å². The standard InChI is InChI=1S/C18H23NO4/c1-23-15-5-3-2-4-14(15)18(8-9-18)17(22)19-10-6-13(7-11-19)12-16(20)21/h2-5,13H,6-12H2,1H3,(H,20,21). The summed E-state index contributed by atoms with van der Waals surface area (Å²) in [6.07, 6.45) is 3.49. The van der Waals surface area contributed by atoms with Crippen LogP contribution in [0.2, 0.25) is 0 Å². The van der Waals surface area contributed by atoms with Crippen LogP contribution in [0.3, 0.4) is 0 Å². The SMILES string of the molecule is COc1ccccc1C1(C(=O)N2CCC(CC(=O)O)CC2)CC1. The number of likely N-dealkylation sites (tertiary alicyclic amines) is 1. The maximum absolute atomic E-state index is 13.0. The first-order chi connectivity index (χ1) is 11.1. The Labute approximate surface area is 136 Å². The predicted molar refractivity (Wildman–Crippen MR) is 85.5 cm³/mol. The van der Waals surface area contributed by atoms with Crippen LogP contribution in [-0.4, -0.2) is 42.1 Å². The molecule has 1 aliphatic carbocycles. The summed E-state index contributed by atoms with van der Waals surface area (Å²) in [5.41, 5.74) is 0.562. The number of ether oxygens (including phenoxy) is 1. The number of rotatable bonds is 5. The van der Waals surface area contributed by atoms with Gasteiger partial charge in [0.15, 0.2) is 0 Å². The number of benzene rings is 1. The number of nitrogens with zero attached hydrogens (tertiary/aromatic N) is 1. The second-order valence-corrected chi connectivity index (χ2v) is 6.62. The maximum Gasteiger partial charge on any atom is 0.303 e. The van der Waals surface area contributed by atoms with Crippen molar-refractivity contribution < 1.29 is 19.4 Å². The van der Waals surface area contributed by atoms with E-state index < -0.39 is 11.4 Å². The Bertz CT molecular complexity index is 601. The lowest BCUT2D eigenvalue weighted by Gasteiger charge is -2.34. The number of para-hydroxylation sites is 1. The number of carboxylic acid groups (broad SMARTS) is 1. The molecule has 1 saturated heterocycles. The van der Waals surface area contributed by atoms with Crippen LogP contribution in [-0.2, 0) is 15.0 Å². The van der Waals surface area contributed by atoms with Gasteiger partial charge in [0.25, 0.3) is 0 Å². The third-order valence-corrected chi connectivity index (χ3v) is 5.15. The molecule has 124 valence electrons. The summed E-state index contributed by atoms with van der Waals surface area (Å²) in [6.45, 7) is 1.32. The predicted octanol–water partition coefficient (Wildman–Crippen LogP) is 2.44. The van der Waals surface area contributed by atoms with Gasteiger partial charge in [-0.05, 0) is 37.7 Å². The average Bonchev–Trinajstić information content (AvgIpc) is 3.36. The normalized spacial score (nSPS) is 20.1. The van der Waals surface area contributed by atoms with Crippen molar-refractivity contribution in [2.45, 2.75) is 37.5 Å². The van der Waals surface area contributed by atoms with Gasteiger partial charge in [0.1, 0.15) is 5.75 Å². The molecule has 1 aromatic carbocycles. The van der Waals surface area contributed by atoms with Crippen molar-refractivity contribution in [3.8, 4) is 5.75 Å². The molecule has 0 atom stereocenters. The fourth-order valence-corrected chi connectivity index (χ4v) is 3.65. The number of carbonyl (C=O) groups is 2. The van der Waals surface area contributed by atoms with Gasteiger partial charge < -0.3 is 14.7 Å². The topological polar surface area (TPSA) is 66.8 Å². The van der Waals surface area contributed by atoms with Gasteiger partial charge in [0.05, 0.1) is 12.5 Å². The molecule has 5 heteroatoms. The Morgan fingerprint density at radius 3 is 2.48 bits per heavy atom. The van der Waals surface area contributed by atoms with E-state index in [0.717, 1.165) is 37.0 Å². The number of piperidine rings is 1. The van der Waals surface area contributed by atoms with Crippen molar-refractivity contribution in [2.24, 2.45) is 5.92 Å². The lowest BCUT2D eigenvalue weighted by atomic mass is 9.89.